The van der Waals surface area contributed by atoms with Crippen LogP contribution in [0.15, 0.2) is 42.5 Å². The third kappa shape index (κ3) is 7.15. The molecule has 0 bridgehead atoms. The molecule has 3 aromatic rings. The fourth-order valence-corrected chi connectivity index (χ4v) is 3.84. The Morgan fingerprint density at radius 2 is 1.86 bits per heavy atom. The average Bonchev–Trinajstić information content (AvgIpc) is 3.32. The number of anilines is 2. The van der Waals surface area contributed by atoms with Gasteiger partial charge in [-0.15, -0.1) is 13.2 Å². The number of benzene rings is 2. The van der Waals surface area contributed by atoms with Crippen molar-refractivity contribution >= 4 is 23.5 Å². The van der Waals surface area contributed by atoms with Gasteiger partial charge in [0.15, 0.2) is 5.82 Å². The fraction of sp³-hybridized carbons (Fsp3) is 0.348. The summed E-state index contributed by atoms with van der Waals surface area (Å²) in [6.07, 6.45) is -3.85. The third-order valence-electron chi connectivity index (χ3n) is 5.26. The van der Waals surface area contributed by atoms with Crippen molar-refractivity contribution in [3.63, 3.8) is 0 Å². The Morgan fingerprint density at radius 1 is 1.11 bits per heavy atom. The smallest absolute Gasteiger partial charge is 0.406 e. The minimum Gasteiger partial charge on any atom is -0.406 e. The van der Waals surface area contributed by atoms with E-state index in [1.165, 1.54) is 42.5 Å². The molecule has 1 aliphatic heterocycles. The van der Waals surface area contributed by atoms with Crippen LogP contribution in [0.2, 0.25) is 5.02 Å². The highest BCUT2D eigenvalue weighted by atomic mass is 35.5. The largest absolute Gasteiger partial charge is 0.573 e. The summed E-state index contributed by atoms with van der Waals surface area (Å²) in [5, 5.41) is 4.92. The van der Waals surface area contributed by atoms with Crippen LogP contribution in [0.1, 0.15) is 12.0 Å². The first-order chi connectivity index (χ1) is 17.2. The summed E-state index contributed by atoms with van der Waals surface area (Å²) in [5.74, 6) is -0.188. The monoisotopic (exact) mass is 526 g/mol. The van der Waals surface area contributed by atoms with Crippen LogP contribution >= 0.6 is 11.6 Å². The van der Waals surface area contributed by atoms with Crippen LogP contribution in [0.4, 0.5) is 29.5 Å². The van der Waals surface area contributed by atoms with E-state index in [2.05, 4.69) is 30.4 Å². The summed E-state index contributed by atoms with van der Waals surface area (Å²) in [5.41, 5.74) is 3.73. The summed E-state index contributed by atoms with van der Waals surface area (Å²) in [6, 6.07) is 9.76. The molecule has 1 fully saturated rings. The molecule has 36 heavy (non-hydrogen) atoms. The van der Waals surface area contributed by atoms with E-state index in [-0.39, 0.29) is 40.6 Å². The number of alkyl halides is 3. The second-order valence-electron chi connectivity index (χ2n) is 8.17. The summed E-state index contributed by atoms with van der Waals surface area (Å²) >= 11 is 6.23. The van der Waals surface area contributed by atoms with Gasteiger partial charge in [-0.25, -0.2) is 9.40 Å². The highest BCUT2D eigenvalue weighted by Crippen LogP contribution is 2.29. The predicted octanol–water partition coefficient (Wildman–Crippen LogP) is 5.14. The molecule has 1 atom stereocenters. The van der Waals surface area contributed by atoms with Crippen molar-refractivity contribution in [2.24, 2.45) is 5.92 Å². The van der Waals surface area contributed by atoms with E-state index >= 15 is 0 Å². The highest BCUT2D eigenvalue weighted by Gasteiger charge is 2.31. The molecule has 2 heterocycles. The molecule has 1 aliphatic rings. The molecular formula is C23H23ClF4N6O2. The molecule has 1 aromatic heterocycles. The van der Waals surface area contributed by atoms with Gasteiger partial charge in [0, 0.05) is 32.7 Å². The van der Waals surface area contributed by atoms with Crippen molar-refractivity contribution < 1.29 is 27.0 Å². The summed E-state index contributed by atoms with van der Waals surface area (Å²) in [7, 11) is 1.70. The summed E-state index contributed by atoms with van der Waals surface area (Å²) in [4.78, 5) is 13.1. The van der Waals surface area contributed by atoms with Gasteiger partial charge in [0.25, 0.3) is 0 Å². The van der Waals surface area contributed by atoms with Crippen LogP contribution in [0, 0.1) is 11.7 Å². The number of rotatable bonds is 9. The molecule has 1 unspecified atom stereocenters. The number of hydrogen-bond acceptors (Lipinski definition) is 8. The topological polar surface area (TPSA) is 84.4 Å². The fourth-order valence-electron chi connectivity index (χ4n) is 3.59. The van der Waals surface area contributed by atoms with Crippen LogP contribution in [0.3, 0.4) is 0 Å². The molecule has 0 spiro atoms. The zero-order valence-corrected chi connectivity index (χ0v) is 19.9. The van der Waals surface area contributed by atoms with Crippen molar-refractivity contribution in [1.82, 2.24) is 20.0 Å². The first-order valence-corrected chi connectivity index (χ1v) is 11.4. The van der Waals surface area contributed by atoms with Crippen LogP contribution in [-0.2, 0) is 11.3 Å². The van der Waals surface area contributed by atoms with Crippen LogP contribution < -0.4 is 15.5 Å². The third-order valence-corrected chi connectivity index (χ3v) is 5.58. The lowest BCUT2D eigenvalue weighted by Gasteiger charge is -2.19. The number of hydrogen-bond donors (Lipinski definition) is 2. The van der Waals surface area contributed by atoms with Gasteiger partial charge >= 0.3 is 6.36 Å². The number of nitrogens with zero attached hydrogens (tertiary/aromatic N) is 4. The van der Waals surface area contributed by atoms with Crippen molar-refractivity contribution in [2.45, 2.75) is 19.3 Å². The normalized spacial score (nSPS) is 15.8. The van der Waals surface area contributed by atoms with E-state index < -0.39 is 12.2 Å². The Hall–Kier alpha value is -3.22. The molecule has 192 valence electrons. The number of halogens is 5. The Labute approximate surface area is 209 Å². The minimum atomic E-state index is -4.76. The van der Waals surface area contributed by atoms with Gasteiger partial charge in [0.2, 0.25) is 11.9 Å². The maximum atomic E-state index is 14.6. The van der Waals surface area contributed by atoms with Crippen molar-refractivity contribution in [2.75, 3.05) is 37.5 Å². The quantitative estimate of drug-likeness (QED) is 0.293. The van der Waals surface area contributed by atoms with Gasteiger partial charge in [0.1, 0.15) is 11.6 Å². The van der Waals surface area contributed by atoms with Crippen molar-refractivity contribution in [1.29, 1.82) is 0 Å². The summed E-state index contributed by atoms with van der Waals surface area (Å²) < 4.78 is 61.0. The maximum absolute atomic E-state index is 14.6. The summed E-state index contributed by atoms with van der Waals surface area (Å²) in [6.45, 7) is 2.18. The molecule has 2 N–H and O–H groups in total. The number of ether oxygens (including phenoxy) is 2. The molecule has 0 radical (unpaired) electrons. The van der Waals surface area contributed by atoms with Crippen LogP contribution in [0.5, 0.6) is 5.75 Å². The van der Waals surface area contributed by atoms with Crippen molar-refractivity contribution in [3.8, 4) is 17.1 Å². The van der Waals surface area contributed by atoms with E-state index in [4.69, 9.17) is 16.3 Å². The van der Waals surface area contributed by atoms with E-state index in [1.807, 2.05) is 0 Å². The second kappa shape index (κ2) is 11.2. The molecule has 1 saturated heterocycles. The van der Waals surface area contributed by atoms with E-state index in [9.17, 15) is 17.6 Å². The lowest BCUT2D eigenvalue weighted by molar-refractivity contribution is -0.274. The lowest BCUT2D eigenvalue weighted by Crippen LogP contribution is -2.27. The molecule has 2 aromatic carbocycles. The molecule has 8 nitrogen and oxygen atoms in total. The highest BCUT2D eigenvalue weighted by molar-refractivity contribution is 6.33. The maximum Gasteiger partial charge on any atom is 0.573 e. The predicted molar refractivity (Wildman–Crippen MR) is 126 cm³/mol. The molecular weight excluding hydrogens is 504 g/mol. The lowest BCUT2D eigenvalue weighted by atomic mass is 10.1. The van der Waals surface area contributed by atoms with E-state index in [1.54, 1.807) is 12.1 Å². The van der Waals surface area contributed by atoms with Gasteiger partial charge < -0.3 is 14.8 Å². The standard InChI is InChI=1S/C23H23ClF4N6O2/c1-34(12-14-5-7-16(8-6-14)36-23(26,27)28)33-22-31-20(19-17(24)3-2-4-18(19)25)30-21(32-22)29-11-15-9-10-35-13-15/h2-8,15H,9-13H2,1H3,(H2,29,30,31,32,33). The van der Waals surface area contributed by atoms with Gasteiger partial charge in [-0.05, 0) is 36.2 Å². The van der Waals surface area contributed by atoms with Crippen LogP contribution in [-0.4, -0.2) is 53.1 Å². The first-order valence-electron chi connectivity index (χ1n) is 11.0. The molecule has 13 heteroatoms. The molecule has 0 amide bonds. The van der Waals surface area contributed by atoms with E-state index in [0.717, 1.165) is 6.42 Å². The zero-order valence-electron chi connectivity index (χ0n) is 19.1. The van der Waals surface area contributed by atoms with Gasteiger partial charge in [-0.1, -0.05) is 29.8 Å². The molecule has 4 rings (SSSR count). The Bertz CT molecular complexity index is 1160. The Kier molecular flexibility index (Phi) is 8.07. The minimum absolute atomic E-state index is 0.0415. The first kappa shape index (κ1) is 25.9. The Morgan fingerprint density at radius 3 is 2.53 bits per heavy atom. The molecule has 0 saturated carbocycles. The van der Waals surface area contributed by atoms with Crippen molar-refractivity contribution in [3.05, 3.63) is 58.9 Å². The number of nitrogens with one attached hydrogen (secondary N) is 2. The van der Waals surface area contributed by atoms with Gasteiger partial charge in [-0.2, -0.15) is 15.0 Å². The number of hydrazine groups is 1. The molecule has 0 aliphatic carbocycles. The van der Waals surface area contributed by atoms with E-state index in [0.29, 0.717) is 31.2 Å². The average molecular weight is 527 g/mol. The Balaban J connectivity index is 1.51. The number of aromatic nitrogens is 3. The SMILES string of the molecule is CN(Cc1ccc(OC(F)(F)F)cc1)Nc1nc(NCC2CCOC2)nc(-c2c(F)cccc2Cl)n1. The van der Waals surface area contributed by atoms with Gasteiger partial charge in [0.05, 0.1) is 17.2 Å². The van der Waals surface area contributed by atoms with Gasteiger partial charge in [-0.3, -0.25) is 5.43 Å². The van der Waals surface area contributed by atoms with Crippen LogP contribution in [0.25, 0.3) is 11.4 Å². The second-order valence-corrected chi connectivity index (χ2v) is 8.58. The zero-order chi connectivity index (χ0) is 25.7.